The van der Waals surface area contributed by atoms with Gasteiger partial charge in [0.15, 0.2) is 11.5 Å². The van der Waals surface area contributed by atoms with Crippen molar-refractivity contribution in [2.45, 2.75) is 41.2 Å². The molecule has 4 rings (SSSR count). The molecule has 1 saturated carbocycles. The SMILES string of the molecule is COc1ccc(C23CCN(C)[C@H]2CC2(CC3)SCCS2)cc1OC. The third kappa shape index (κ3) is 2.55. The Bertz CT molecular complexity index is 617. The molecule has 2 atom stereocenters. The van der Waals surface area contributed by atoms with Crippen LogP contribution in [0, 0.1) is 0 Å². The van der Waals surface area contributed by atoms with Crippen LogP contribution >= 0.6 is 23.5 Å². The van der Waals surface area contributed by atoms with Gasteiger partial charge in [-0.15, -0.1) is 23.5 Å². The van der Waals surface area contributed by atoms with Gasteiger partial charge in [0.25, 0.3) is 0 Å². The molecule has 1 unspecified atom stereocenters. The van der Waals surface area contributed by atoms with Crippen molar-refractivity contribution < 1.29 is 9.47 Å². The second-order valence-corrected chi connectivity index (χ2v) is 10.5. The first kappa shape index (κ1) is 16.9. The highest BCUT2D eigenvalue weighted by Gasteiger charge is 2.55. The van der Waals surface area contributed by atoms with Gasteiger partial charge < -0.3 is 14.4 Å². The minimum absolute atomic E-state index is 0.281. The average Bonchev–Trinajstić information content (AvgIpc) is 3.21. The first-order valence-corrected chi connectivity index (χ1v) is 10.8. The van der Waals surface area contributed by atoms with Gasteiger partial charge in [-0.3, -0.25) is 0 Å². The fraction of sp³-hybridized carbons (Fsp3) is 0.684. The molecule has 2 aliphatic heterocycles. The summed E-state index contributed by atoms with van der Waals surface area (Å²) >= 11 is 4.43. The highest BCUT2D eigenvalue weighted by Crippen LogP contribution is 2.60. The van der Waals surface area contributed by atoms with E-state index in [-0.39, 0.29) is 5.41 Å². The maximum absolute atomic E-state index is 5.59. The number of thioether (sulfide) groups is 2. The Morgan fingerprint density at radius 1 is 1.04 bits per heavy atom. The zero-order valence-electron chi connectivity index (χ0n) is 14.8. The molecule has 0 amide bonds. The highest BCUT2D eigenvalue weighted by molar-refractivity contribution is 8.21. The van der Waals surface area contributed by atoms with Gasteiger partial charge >= 0.3 is 0 Å². The molecule has 2 saturated heterocycles. The standard InChI is InChI=1S/C19H27NO2S2/c1-20-9-8-18(14-4-5-15(21-2)16(12-14)22-3)6-7-19(13-17(18)20)23-10-11-24-19/h4-5,12,17H,6-11,13H2,1-3H3/t17-,18?/m0/s1. The Morgan fingerprint density at radius 3 is 2.50 bits per heavy atom. The maximum Gasteiger partial charge on any atom is 0.161 e. The summed E-state index contributed by atoms with van der Waals surface area (Å²) in [6.07, 6.45) is 5.20. The van der Waals surface area contributed by atoms with Gasteiger partial charge in [-0.25, -0.2) is 0 Å². The van der Waals surface area contributed by atoms with E-state index >= 15 is 0 Å². The molecule has 132 valence electrons. The van der Waals surface area contributed by atoms with Crippen LogP contribution in [0.3, 0.4) is 0 Å². The van der Waals surface area contributed by atoms with Crippen molar-refractivity contribution in [2.75, 3.05) is 39.3 Å². The smallest absolute Gasteiger partial charge is 0.161 e. The van der Waals surface area contributed by atoms with E-state index in [9.17, 15) is 0 Å². The van der Waals surface area contributed by atoms with E-state index < -0.39 is 0 Å². The average molecular weight is 366 g/mol. The Kier molecular flexibility index (Phi) is 4.46. The molecule has 0 aromatic heterocycles. The predicted octanol–water partition coefficient (Wildman–Crippen LogP) is 4.01. The number of benzene rings is 1. The minimum atomic E-state index is 0.281. The van der Waals surface area contributed by atoms with E-state index in [1.54, 1.807) is 14.2 Å². The Balaban J connectivity index is 1.70. The molecular weight excluding hydrogens is 338 g/mol. The molecule has 3 fully saturated rings. The van der Waals surface area contributed by atoms with Crippen molar-refractivity contribution in [1.29, 1.82) is 0 Å². The second-order valence-electron chi connectivity index (χ2n) is 7.28. The first-order valence-electron chi connectivity index (χ1n) is 8.83. The molecule has 1 spiro atoms. The summed E-state index contributed by atoms with van der Waals surface area (Å²) in [4.78, 5) is 2.61. The third-order valence-electron chi connectivity index (χ3n) is 6.31. The van der Waals surface area contributed by atoms with Crippen LogP contribution in [0.1, 0.15) is 31.2 Å². The van der Waals surface area contributed by atoms with Crippen LogP contribution in [0.2, 0.25) is 0 Å². The molecule has 1 aliphatic carbocycles. The van der Waals surface area contributed by atoms with Crippen molar-refractivity contribution in [3.63, 3.8) is 0 Å². The van der Waals surface area contributed by atoms with Crippen LogP contribution in [-0.4, -0.2) is 54.3 Å². The van der Waals surface area contributed by atoms with Gasteiger partial charge in [-0.05, 0) is 57.0 Å². The first-order chi connectivity index (χ1) is 11.6. The van der Waals surface area contributed by atoms with Crippen molar-refractivity contribution in [3.8, 4) is 11.5 Å². The lowest BCUT2D eigenvalue weighted by atomic mass is 9.66. The lowest BCUT2D eigenvalue weighted by Gasteiger charge is -2.48. The fourth-order valence-corrected chi connectivity index (χ4v) is 8.25. The van der Waals surface area contributed by atoms with Crippen molar-refractivity contribution in [3.05, 3.63) is 23.8 Å². The largest absolute Gasteiger partial charge is 0.493 e. The van der Waals surface area contributed by atoms with Crippen LogP contribution in [0.4, 0.5) is 0 Å². The molecule has 0 bridgehead atoms. The molecule has 3 nitrogen and oxygen atoms in total. The number of ether oxygens (including phenoxy) is 2. The summed E-state index contributed by atoms with van der Waals surface area (Å²) in [5.41, 5.74) is 1.72. The molecule has 5 heteroatoms. The van der Waals surface area contributed by atoms with Crippen LogP contribution in [-0.2, 0) is 5.41 Å². The molecule has 0 N–H and O–H groups in total. The summed E-state index contributed by atoms with van der Waals surface area (Å²) in [5.74, 6) is 4.34. The fourth-order valence-electron chi connectivity index (χ4n) is 4.96. The van der Waals surface area contributed by atoms with Gasteiger partial charge in [0.1, 0.15) is 0 Å². The monoisotopic (exact) mass is 365 g/mol. The van der Waals surface area contributed by atoms with Crippen LogP contribution in [0.25, 0.3) is 0 Å². The van der Waals surface area contributed by atoms with Gasteiger partial charge in [0.2, 0.25) is 0 Å². The number of fused-ring (bicyclic) bond motifs is 1. The topological polar surface area (TPSA) is 21.7 Å². The van der Waals surface area contributed by atoms with E-state index in [1.807, 2.05) is 0 Å². The van der Waals surface area contributed by atoms with E-state index in [1.165, 1.54) is 49.3 Å². The third-order valence-corrected chi connectivity index (χ3v) is 9.88. The predicted molar refractivity (Wildman–Crippen MR) is 104 cm³/mol. The zero-order chi connectivity index (χ0) is 16.8. The maximum atomic E-state index is 5.59. The van der Waals surface area contributed by atoms with Crippen LogP contribution in [0.15, 0.2) is 18.2 Å². The van der Waals surface area contributed by atoms with Gasteiger partial charge in [0, 0.05) is 23.0 Å². The van der Waals surface area contributed by atoms with Crippen molar-refractivity contribution in [1.82, 2.24) is 4.90 Å². The van der Waals surface area contributed by atoms with E-state index in [2.05, 4.69) is 53.7 Å². The molecule has 0 radical (unpaired) electrons. The number of hydrogen-bond acceptors (Lipinski definition) is 5. The summed E-state index contributed by atoms with van der Waals surface area (Å²) in [7, 11) is 5.76. The summed E-state index contributed by atoms with van der Waals surface area (Å²) in [6, 6.07) is 7.24. The number of rotatable bonds is 3. The van der Waals surface area contributed by atoms with Crippen LogP contribution in [0.5, 0.6) is 11.5 Å². The van der Waals surface area contributed by atoms with E-state index in [0.717, 1.165) is 11.5 Å². The van der Waals surface area contributed by atoms with Gasteiger partial charge in [-0.1, -0.05) is 6.07 Å². The lowest BCUT2D eigenvalue weighted by Crippen LogP contribution is -2.49. The number of methoxy groups -OCH3 is 2. The van der Waals surface area contributed by atoms with Gasteiger partial charge in [-0.2, -0.15) is 0 Å². The normalized spacial score (nSPS) is 32.0. The molecule has 3 aliphatic rings. The number of likely N-dealkylation sites (tertiary alicyclic amines) is 1. The molecule has 1 aromatic carbocycles. The summed E-state index contributed by atoms with van der Waals surface area (Å²) in [6.45, 7) is 1.20. The van der Waals surface area contributed by atoms with Crippen molar-refractivity contribution in [2.24, 2.45) is 0 Å². The number of likely N-dealkylation sites (N-methyl/N-ethyl adjacent to an activating group) is 1. The van der Waals surface area contributed by atoms with E-state index in [0.29, 0.717) is 10.1 Å². The van der Waals surface area contributed by atoms with Gasteiger partial charge in [0.05, 0.1) is 18.3 Å². The van der Waals surface area contributed by atoms with Crippen molar-refractivity contribution >= 4 is 23.5 Å². The van der Waals surface area contributed by atoms with Crippen LogP contribution < -0.4 is 9.47 Å². The molecular formula is C19H27NO2S2. The quantitative estimate of drug-likeness (QED) is 0.805. The number of hydrogen-bond donors (Lipinski definition) is 0. The summed E-state index contributed by atoms with van der Waals surface area (Å²) in [5, 5.41) is 0. The van der Waals surface area contributed by atoms with E-state index in [4.69, 9.17) is 9.47 Å². The lowest BCUT2D eigenvalue weighted by molar-refractivity contribution is 0.179. The number of nitrogens with zero attached hydrogens (tertiary/aromatic N) is 1. The summed E-state index contributed by atoms with van der Waals surface area (Å²) < 4.78 is 11.5. The highest BCUT2D eigenvalue weighted by atomic mass is 32.2. The zero-order valence-corrected chi connectivity index (χ0v) is 16.5. The second kappa shape index (κ2) is 6.33. The Labute approximate surface area is 153 Å². The Morgan fingerprint density at radius 2 is 1.79 bits per heavy atom. The molecule has 1 aromatic rings. The molecule has 24 heavy (non-hydrogen) atoms. The Hall–Kier alpha value is -0.520. The molecule has 2 heterocycles. The minimum Gasteiger partial charge on any atom is -0.493 e.